The summed E-state index contributed by atoms with van der Waals surface area (Å²) >= 11 is 0. The highest BCUT2D eigenvalue weighted by molar-refractivity contribution is 6.10. The van der Waals surface area contributed by atoms with Crippen LogP contribution in [0.4, 0.5) is 0 Å². The number of hydrogen-bond donors (Lipinski definition) is 1. The number of nitrogens with zero attached hydrogens (tertiary/aromatic N) is 1. The largest absolute Gasteiger partial charge is 0.449 e. The number of H-pyrrole nitrogens is 1. The number of rotatable bonds is 5. The molecule has 0 saturated carbocycles. The van der Waals surface area contributed by atoms with Crippen molar-refractivity contribution in [2.45, 2.75) is 20.0 Å². The zero-order chi connectivity index (χ0) is 19.7. The van der Waals surface area contributed by atoms with Crippen LogP contribution in [-0.4, -0.2) is 27.8 Å². The lowest BCUT2D eigenvalue weighted by Gasteiger charge is -2.11. The van der Waals surface area contributed by atoms with Crippen LogP contribution in [-0.2, 0) is 4.74 Å². The van der Waals surface area contributed by atoms with Crippen molar-refractivity contribution in [3.63, 3.8) is 0 Å². The average Bonchev–Trinajstić information content (AvgIpc) is 3.32. The fraction of sp³-hybridized carbons (Fsp3) is 0.136. The smallest absolute Gasteiger partial charge is 0.361 e. The molecule has 0 spiro atoms. The maximum absolute atomic E-state index is 12.8. The second-order valence-electron chi connectivity index (χ2n) is 6.45. The van der Waals surface area contributed by atoms with Gasteiger partial charge in [0, 0.05) is 28.2 Å². The second-order valence-corrected chi connectivity index (χ2v) is 6.45. The number of para-hydroxylation sites is 1. The summed E-state index contributed by atoms with van der Waals surface area (Å²) in [5.41, 5.74) is 2.16. The van der Waals surface area contributed by atoms with E-state index in [2.05, 4.69) is 9.97 Å². The molecule has 0 unspecified atom stereocenters. The molecule has 2 aromatic carbocycles. The lowest BCUT2D eigenvalue weighted by Crippen LogP contribution is -2.24. The molecule has 2 heterocycles. The lowest BCUT2D eigenvalue weighted by atomic mass is 10.1. The third kappa shape index (κ3) is 3.20. The van der Waals surface area contributed by atoms with Crippen molar-refractivity contribution < 1.29 is 18.7 Å². The fourth-order valence-electron chi connectivity index (χ4n) is 3.05. The summed E-state index contributed by atoms with van der Waals surface area (Å²) in [5.74, 6) is -0.296. The third-order valence-corrected chi connectivity index (χ3v) is 4.52. The number of carbonyl (C=O) groups excluding carboxylic acids is 2. The van der Waals surface area contributed by atoms with E-state index < -0.39 is 12.1 Å². The van der Waals surface area contributed by atoms with Gasteiger partial charge in [-0.25, -0.2) is 9.78 Å². The summed E-state index contributed by atoms with van der Waals surface area (Å²) in [6.07, 6.45) is 0.676. The molecule has 0 bridgehead atoms. The van der Waals surface area contributed by atoms with E-state index in [1.54, 1.807) is 20.0 Å². The monoisotopic (exact) mass is 374 g/mol. The molecule has 140 valence electrons. The molecule has 4 rings (SSSR count). The Balaban J connectivity index is 1.53. The Hall–Kier alpha value is -3.67. The van der Waals surface area contributed by atoms with Gasteiger partial charge in [-0.05, 0) is 32.0 Å². The minimum atomic E-state index is -0.956. The summed E-state index contributed by atoms with van der Waals surface area (Å²) in [7, 11) is 0. The number of Topliss-reactive ketones (excluding diaryl/α,β-unsaturated/α-hetero) is 1. The number of nitrogens with one attached hydrogen (secondary N) is 1. The normalized spacial score (nSPS) is 12.1. The van der Waals surface area contributed by atoms with Crippen molar-refractivity contribution >= 4 is 22.7 Å². The van der Waals surface area contributed by atoms with Crippen molar-refractivity contribution in [2.24, 2.45) is 0 Å². The van der Waals surface area contributed by atoms with Crippen molar-refractivity contribution in [1.82, 2.24) is 9.97 Å². The number of aromatic nitrogens is 2. The van der Waals surface area contributed by atoms with E-state index >= 15 is 0 Å². The van der Waals surface area contributed by atoms with Crippen LogP contribution in [0.3, 0.4) is 0 Å². The Bertz CT molecular complexity index is 1160. The number of benzene rings is 2. The Kier molecular flexibility index (Phi) is 4.53. The van der Waals surface area contributed by atoms with Gasteiger partial charge in [-0.2, -0.15) is 0 Å². The molecule has 6 nitrogen and oxygen atoms in total. The lowest BCUT2D eigenvalue weighted by molar-refractivity contribution is 0.0312. The van der Waals surface area contributed by atoms with Crippen LogP contribution in [0.1, 0.15) is 33.5 Å². The van der Waals surface area contributed by atoms with Gasteiger partial charge >= 0.3 is 5.97 Å². The minimum Gasteiger partial charge on any atom is -0.449 e. The van der Waals surface area contributed by atoms with Gasteiger partial charge in [-0.1, -0.05) is 36.4 Å². The molecule has 0 aliphatic heterocycles. The molecular formula is C22H18N2O4. The van der Waals surface area contributed by atoms with Crippen LogP contribution in [0, 0.1) is 6.92 Å². The highest BCUT2D eigenvalue weighted by atomic mass is 16.5. The van der Waals surface area contributed by atoms with Crippen LogP contribution in [0.15, 0.2) is 65.2 Å². The summed E-state index contributed by atoms with van der Waals surface area (Å²) in [5, 5.41) is 0.791. The number of hydrogen-bond acceptors (Lipinski definition) is 5. The fourth-order valence-corrected chi connectivity index (χ4v) is 3.05. The first kappa shape index (κ1) is 17.7. The zero-order valence-electron chi connectivity index (χ0n) is 15.4. The Morgan fingerprint density at radius 2 is 1.79 bits per heavy atom. The first-order valence-corrected chi connectivity index (χ1v) is 8.88. The zero-order valence-corrected chi connectivity index (χ0v) is 15.4. The molecule has 0 amide bonds. The number of esters is 1. The molecule has 0 fully saturated rings. The van der Waals surface area contributed by atoms with Crippen molar-refractivity contribution in [1.29, 1.82) is 0 Å². The van der Waals surface area contributed by atoms with E-state index in [1.807, 2.05) is 54.6 Å². The second kappa shape index (κ2) is 7.15. The first-order chi connectivity index (χ1) is 13.5. The molecule has 2 aromatic heterocycles. The van der Waals surface area contributed by atoms with Gasteiger partial charge in [0.1, 0.15) is 5.76 Å². The highest BCUT2D eigenvalue weighted by Crippen LogP contribution is 2.23. The molecule has 0 saturated heterocycles. The topological polar surface area (TPSA) is 85.2 Å². The first-order valence-electron chi connectivity index (χ1n) is 8.88. The number of ketones is 1. The average molecular weight is 374 g/mol. The van der Waals surface area contributed by atoms with Gasteiger partial charge in [0.05, 0.1) is 0 Å². The van der Waals surface area contributed by atoms with E-state index in [0.717, 1.165) is 16.5 Å². The molecular weight excluding hydrogens is 356 g/mol. The third-order valence-electron chi connectivity index (χ3n) is 4.52. The van der Waals surface area contributed by atoms with Gasteiger partial charge in [0.25, 0.3) is 0 Å². The molecule has 0 radical (unpaired) electrons. The summed E-state index contributed by atoms with van der Waals surface area (Å²) in [4.78, 5) is 32.6. The van der Waals surface area contributed by atoms with Gasteiger partial charge in [0.15, 0.2) is 11.8 Å². The molecule has 1 N–H and O–H groups in total. The van der Waals surface area contributed by atoms with Crippen LogP contribution >= 0.6 is 0 Å². The van der Waals surface area contributed by atoms with Crippen molar-refractivity contribution in [3.8, 4) is 11.5 Å². The van der Waals surface area contributed by atoms with Gasteiger partial charge < -0.3 is 14.1 Å². The number of aryl methyl sites for hydroxylation is 1. The molecule has 0 aliphatic carbocycles. The number of fused-ring (bicyclic) bond motifs is 1. The van der Waals surface area contributed by atoms with E-state index in [9.17, 15) is 9.59 Å². The van der Waals surface area contributed by atoms with Gasteiger partial charge in [0.2, 0.25) is 11.7 Å². The summed E-state index contributed by atoms with van der Waals surface area (Å²) < 4.78 is 11.0. The van der Waals surface area contributed by atoms with E-state index in [-0.39, 0.29) is 11.5 Å². The van der Waals surface area contributed by atoms with Crippen molar-refractivity contribution in [3.05, 3.63) is 77.8 Å². The molecule has 1 atom stereocenters. The summed E-state index contributed by atoms with van der Waals surface area (Å²) in [6.45, 7) is 3.19. The standard InChI is InChI=1S/C22H18N2O4/c1-13-19(24-21(27-13)15-8-4-3-5-9-15)22(26)28-14(2)20(25)17-12-23-18-11-7-6-10-16(17)18/h3-12,14,23H,1-2H3/t14-/m1/s1. The van der Waals surface area contributed by atoms with E-state index in [1.165, 1.54) is 0 Å². The SMILES string of the molecule is Cc1oc(-c2ccccc2)nc1C(=O)O[C@H](C)C(=O)c1c[nH]c2ccccc12. The number of carbonyl (C=O) groups is 2. The molecule has 0 aliphatic rings. The maximum Gasteiger partial charge on any atom is 0.361 e. The predicted molar refractivity (Wildman–Crippen MR) is 104 cm³/mol. The van der Waals surface area contributed by atoms with Crippen LogP contribution in [0.2, 0.25) is 0 Å². The molecule has 28 heavy (non-hydrogen) atoms. The number of oxazole rings is 1. The molecule has 4 aromatic rings. The maximum atomic E-state index is 12.8. The van der Waals surface area contributed by atoms with Crippen molar-refractivity contribution in [2.75, 3.05) is 0 Å². The van der Waals surface area contributed by atoms with Crippen LogP contribution in [0.5, 0.6) is 0 Å². The van der Waals surface area contributed by atoms with Gasteiger partial charge in [-0.15, -0.1) is 0 Å². The van der Waals surface area contributed by atoms with E-state index in [0.29, 0.717) is 17.2 Å². The van der Waals surface area contributed by atoms with Gasteiger partial charge in [-0.3, -0.25) is 4.79 Å². The minimum absolute atomic E-state index is 0.0671. The number of ether oxygens (including phenoxy) is 1. The Morgan fingerprint density at radius 3 is 2.57 bits per heavy atom. The molecule has 6 heteroatoms. The van der Waals surface area contributed by atoms with E-state index in [4.69, 9.17) is 9.15 Å². The predicted octanol–water partition coefficient (Wildman–Crippen LogP) is 4.56. The summed E-state index contributed by atoms with van der Waals surface area (Å²) in [6, 6.07) is 16.7. The number of aromatic amines is 1. The Morgan fingerprint density at radius 1 is 1.07 bits per heavy atom. The highest BCUT2D eigenvalue weighted by Gasteiger charge is 2.26. The Labute approximate surface area is 161 Å². The quantitative estimate of drug-likeness (QED) is 0.409. The van der Waals surface area contributed by atoms with Crippen LogP contribution in [0.25, 0.3) is 22.4 Å². The van der Waals surface area contributed by atoms with Crippen LogP contribution < -0.4 is 0 Å².